The molecule has 0 radical (unpaired) electrons. The number of sulfone groups is 2. The van der Waals surface area contributed by atoms with Crippen LogP contribution in [0.2, 0.25) is 0 Å². The number of benzene rings is 1. The van der Waals surface area contributed by atoms with E-state index in [0.717, 1.165) is 11.8 Å². The van der Waals surface area contributed by atoms with Gasteiger partial charge in [0.05, 0.1) is 153 Å². The maximum absolute atomic E-state index is 14.6. The SMILES string of the molecule is CC(=O)NCCSCCS(=O)(=O)CCOC(=O)NCCOCCOCCNC(=O)C(CC(C)C(=O)NCCOCCOCCNC(=O)CN1CCN(CC(=O)O)CCN(CC(=O)O)CCN(CC(=O)O)CC1)CC(CC(CC(CC(C)C(=O)O)c1ccccc1)C(=O)O)C(=O)NCCOCCOCCNC(=O)OCCS(=O)(=O)CCSCC(C=O)NC(=O)CN. The molecule has 1 saturated heterocycles. The molecular formula is C77H131N13O31S4. The molecule has 1 aliphatic heterocycles. The van der Waals surface area contributed by atoms with Crippen molar-refractivity contribution in [3.05, 3.63) is 35.9 Å². The van der Waals surface area contributed by atoms with Crippen LogP contribution in [0.5, 0.6) is 0 Å². The molecule has 8 amide bonds. The Hall–Kier alpha value is -8.24. The summed E-state index contributed by atoms with van der Waals surface area (Å²) in [6, 6.07) is 7.89. The van der Waals surface area contributed by atoms with Crippen LogP contribution in [-0.4, -0.2) is 421 Å². The molecule has 1 fully saturated rings. The molecule has 714 valence electrons. The second kappa shape index (κ2) is 68.0. The Morgan fingerprint density at radius 2 is 0.816 bits per heavy atom. The van der Waals surface area contributed by atoms with Crippen molar-refractivity contribution in [3.63, 3.8) is 0 Å². The summed E-state index contributed by atoms with van der Waals surface area (Å²) in [5.41, 5.74) is 5.91. The van der Waals surface area contributed by atoms with Crippen molar-refractivity contribution in [1.82, 2.24) is 62.1 Å². The third kappa shape index (κ3) is 59.4. The minimum Gasteiger partial charge on any atom is -0.481 e. The van der Waals surface area contributed by atoms with Crippen LogP contribution in [0.4, 0.5) is 9.59 Å². The van der Waals surface area contributed by atoms with Crippen LogP contribution >= 0.6 is 23.5 Å². The van der Waals surface area contributed by atoms with Crippen molar-refractivity contribution in [2.24, 2.45) is 35.3 Å². The zero-order valence-corrected chi connectivity index (χ0v) is 74.9. The van der Waals surface area contributed by atoms with Gasteiger partial charge in [0, 0.05) is 146 Å². The largest absolute Gasteiger partial charge is 0.481 e. The third-order valence-electron chi connectivity index (χ3n) is 18.9. The average Bonchev–Trinajstić information content (AvgIpc) is 0.842. The number of ether oxygens (including phenoxy) is 8. The van der Waals surface area contributed by atoms with E-state index in [1.165, 1.54) is 25.6 Å². The highest BCUT2D eigenvalue weighted by Gasteiger charge is 2.36. The first-order chi connectivity index (χ1) is 59.6. The minimum absolute atomic E-state index is 0.00614. The number of carboxylic acids is 5. The highest BCUT2D eigenvalue weighted by Crippen LogP contribution is 2.35. The lowest BCUT2D eigenvalue weighted by Crippen LogP contribution is -2.50. The van der Waals surface area contributed by atoms with Gasteiger partial charge >= 0.3 is 42.0 Å². The summed E-state index contributed by atoms with van der Waals surface area (Å²) in [4.78, 5) is 182. The van der Waals surface area contributed by atoms with E-state index in [4.69, 9.17) is 43.6 Å². The molecule has 7 unspecified atom stereocenters. The number of alkyl carbamates (subject to hydrolysis) is 2. The van der Waals surface area contributed by atoms with Crippen LogP contribution in [0, 0.1) is 29.6 Å². The molecule has 125 heavy (non-hydrogen) atoms. The molecule has 7 atom stereocenters. The Kier molecular flexibility index (Phi) is 61.4. The molecule has 48 heteroatoms. The number of hydrogen-bond donors (Lipinski definition) is 14. The van der Waals surface area contributed by atoms with E-state index in [-0.39, 0.29) is 283 Å². The summed E-state index contributed by atoms with van der Waals surface area (Å²) in [7, 11) is -7.14. The van der Waals surface area contributed by atoms with Crippen LogP contribution in [0.15, 0.2) is 30.3 Å². The van der Waals surface area contributed by atoms with Gasteiger partial charge in [0.1, 0.15) is 19.5 Å². The molecule has 15 N–H and O–H groups in total. The molecule has 0 aromatic heterocycles. The highest BCUT2D eigenvalue weighted by molar-refractivity contribution is 8.01. The van der Waals surface area contributed by atoms with Gasteiger partial charge in [-0.2, -0.15) is 23.5 Å². The summed E-state index contributed by atoms with van der Waals surface area (Å²) in [5, 5.41) is 70.6. The van der Waals surface area contributed by atoms with Crippen LogP contribution in [0.25, 0.3) is 0 Å². The molecule has 1 aliphatic rings. The fourth-order valence-corrected chi connectivity index (χ4v) is 17.3. The van der Waals surface area contributed by atoms with Crippen molar-refractivity contribution in [2.45, 2.75) is 64.8 Å². The van der Waals surface area contributed by atoms with Crippen LogP contribution in [0.3, 0.4) is 0 Å². The third-order valence-corrected chi connectivity index (χ3v) is 24.7. The molecular weight excluding hydrogens is 1730 g/mol. The number of rotatable bonds is 71. The normalized spacial score (nSPS) is 15.1. The van der Waals surface area contributed by atoms with E-state index in [0.29, 0.717) is 29.9 Å². The molecule has 1 aromatic carbocycles. The first-order valence-corrected chi connectivity index (χ1v) is 47.2. The lowest BCUT2D eigenvalue weighted by molar-refractivity contribution is -0.144. The molecule has 0 aliphatic carbocycles. The van der Waals surface area contributed by atoms with Gasteiger partial charge in [0.25, 0.3) is 0 Å². The number of aldehydes is 1. The standard InChI is InChI=1S/C77H131N13O31S4/c1-57(71(101)81-10-25-115-31-30-114-24-9-80-67(94)51-87-16-18-88(52-68(95)96)20-22-90(54-70(99)100)23-21-89(19-17-87)53-69(97)98)45-62(72(102)82-11-26-116-32-34-118-28-13-84-76(108)120-36-41-124(110,111)43-39-122-38-15-79-59(3)92)48-63(49-64(75(106)107)47-61(46-58(2)74(104)105)60-7-5-4-6-8-60)73(103)83-12-27-117-33-35-119-29-14-85-77(109)121-37-42-125(112,113)44-40-123-56-65(55-91)86-66(93)50-78/h4-8,55,57-58,61-65H,9-54,56,78H2,1-3H3,(H,79,92)(H,80,94)(H,81,101)(H,82,102)(H,83,103)(H,84,108)(H,85,109)(H,86,93)(H,95,96)(H,97,98)(H,99,100)(H,104,105)(H,106,107). The van der Waals surface area contributed by atoms with Crippen LogP contribution < -0.4 is 48.3 Å². The Bertz CT molecular complexity index is 3580. The average molecular weight is 1860 g/mol. The molecule has 0 saturated carbocycles. The number of carbonyl (C=O) groups excluding carboxylic acids is 9. The number of nitrogens with zero attached hydrogens (tertiary/aromatic N) is 4. The maximum Gasteiger partial charge on any atom is 0.407 e. The Labute approximate surface area is 738 Å². The Balaban J connectivity index is 2.17. The molecule has 44 nitrogen and oxygen atoms in total. The zero-order valence-electron chi connectivity index (χ0n) is 71.6. The number of aliphatic carboxylic acids is 5. The first kappa shape index (κ1) is 113. The molecule has 1 aromatic rings. The van der Waals surface area contributed by atoms with E-state index in [1.807, 2.05) is 0 Å². The summed E-state index contributed by atoms with van der Waals surface area (Å²) < 4.78 is 93.5. The van der Waals surface area contributed by atoms with Crippen molar-refractivity contribution < 1.29 is 147 Å². The van der Waals surface area contributed by atoms with E-state index < -0.39 is 139 Å². The fourth-order valence-electron chi connectivity index (χ4n) is 12.2. The number of thioether (sulfide) groups is 2. The number of hydrogen-bond acceptors (Lipinski definition) is 33. The van der Waals surface area contributed by atoms with Crippen molar-refractivity contribution in [3.8, 4) is 0 Å². The Morgan fingerprint density at radius 1 is 0.424 bits per heavy atom. The van der Waals surface area contributed by atoms with Crippen molar-refractivity contribution in [1.29, 1.82) is 0 Å². The van der Waals surface area contributed by atoms with E-state index in [9.17, 15) is 109 Å². The van der Waals surface area contributed by atoms with Gasteiger partial charge in [-0.05, 0) is 43.6 Å². The summed E-state index contributed by atoms with van der Waals surface area (Å²) >= 11 is 2.49. The topological polar surface area (TPSA) is 617 Å². The second-order valence-corrected chi connectivity index (χ2v) is 36.1. The van der Waals surface area contributed by atoms with Gasteiger partial charge in [0.2, 0.25) is 35.4 Å². The number of nitrogens with one attached hydrogen (secondary N) is 8. The minimum atomic E-state index is -3.64. The van der Waals surface area contributed by atoms with E-state index >= 15 is 0 Å². The lowest BCUT2D eigenvalue weighted by atomic mass is 9.77. The molecule has 1 heterocycles. The number of amides is 8. The maximum atomic E-state index is 14.6. The lowest BCUT2D eigenvalue weighted by Gasteiger charge is -2.32. The predicted octanol–water partition coefficient (Wildman–Crippen LogP) is -3.42. The van der Waals surface area contributed by atoms with Crippen LogP contribution in [-0.2, 0) is 115 Å². The molecule has 0 bridgehead atoms. The van der Waals surface area contributed by atoms with Crippen molar-refractivity contribution >= 4 is 127 Å². The fraction of sp³-hybridized carbons (Fsp3) is 0.740. The highest BCUT2D eigenvalue weighted by atomic mass is 32.2. The first-order valence-electron chi connectivity index (χ1n) is 41.3. The quantitative estimate of drug-likeness (QED) is 0.0223. The smallest absolute Gasteiger partial charge is 0.407 e. The number of carbonyl (C=O) groups is 14. The molecule has 2 rings (SSSR count). The van der Waals surface area contributed by atoms with Gasteiger partial charge in [-0.15, -0.1) is 0 Å². The van der Waals surface area contributed by atoms with Gasteiger partial charge in [0.15, 0.2) is 19.7 Å². The van der Waals surface area contributed by atoms with Gasteiger partial charge in [-0.1, -0.05) is 44.2 Å². The predicted molar refractivity (Wildman–Crippen MR) is 458 cm³/mol. The van der Waals surface area contributed by atoms with Crippen LogP contribution in [0.1, 0.15) is 64.4 Å². The summed E-state index contributed by atoms with van der Waals surface area (Å²) in [6.45, 7) is 4.65. The second-order valence-electron chi connectivity index (χ2n) is 29.2. The zero-order chi connectivity index (χ0) is 92.6. The Morgan fingerprint density at radius 3 is 1.22 bits per heavy atom. The van der Waals surface area contributed by atoms with Gasteiger partial charge in [-0.25, -0.2) is 26.4 Å². The van der Waals surface area contributed by atoms with Gasteiger partial charge in [-0.3, -0.25) is 72.3 Å². The number of carboxylic acid groups (broad SMARTS) is 5. The number of nitrogens with two attached hydrogens (primary N) is 1. The van der Waals surface area contributed by atoms with E-state index in [2.05, 4.69) is 42.5 Å². The molecule has 0 spiro atoms. The summed E-state index contributed by atoms with van der Waals surface area (Å²) in [5.74, 6) is -14.7. The van der Waals surface area contributed by atoms with E-state index in [1.54, 1.807) is 56.9 Å². The summed E-state index contributed by atoms with van der Waals surface area (Å²) in [6.07, 6.45) is -2.07. The van der Waals surface area contributed by atoms with Gasteiger partial charge < -0.3 is 116 Å². The van der Waals surface area contributed by atoms with Crippen molar-refractivity contribution in [2.75, 3.05) is 269 Å². The monoisotopic (exact) mass is 1860 g/mol.